The number of aromatic hydroxyl groups is 1. The van der Waals surface area contributed by atoms with E-state index in [1.807, 2.05) is 30.3 Å². The first-order valence-electron chi connectivity index (χ1n) is 8.47. The van der Waals surface area contributed by atoms with E-state index in [0.29, 0.717) is 22.6 Å². The normalized spacial score (nSPS) is 16.3. The average Bonchev–Trinajstić information content (AvgIpc) is 2.66. The number of nitrogens with one attached hydrogen (secondary N) is 2. The van der Waals surface area contributed by atoms with Gasteiger partial charge in [0.25, 0.3) is 0 Å². The Balaban J connectivity index is 1.67. The summed E-state index contributed by atoms with van der Waals surface area (Å²) < 4.78 is 10.8. The largest absolute Gasteiger partial charge is 0.508 e. The van der Waals surface area contributed by atoms with Crippen molar-refractivity contribution in [3.8, 4) is 11.5 Å². The van der Waals surface area contributed by atoms with E-state index >= 15 is 0 Å². The molecule has 1 aliphatic heterocycles. The Labute approximate surface area is 156 Å². The van der Waals surface area contributed by atoms with Crippen molar-refractivity contribution in [2.45, 2.75) is 13.0 Å². The second-order valence-corrected chi connectivity index (χ2v) is 5.96. The third kappa shape index (κ3) is 4.58. The molecule has 0 aliphatic carbocycles. The zero-order valence-corrected chi connectivity index (χ0v) is 14.8. The molecule has 1 aliphatic rings. The van der Waals surface area contributed by atoms with Gasteiger partial charge in [-0.05, 0) is 36.8 Å². The third-order valence-corrected chi connectivity index (χ3v) is 4.04. The molecular formula is C20H20N2O5. The summed E-state index contributed by atoms with van der Waals surface area (Å²) in [4.78, 5) is 24.4. The van der Waals surface area contributed by atoms with Gasteiger partial charge in [0.15, 0.2) is 0 Å². The molecule has 0 saturated carbocycles. The molecular weight excluding hydrogens is 348 g/mol. The van der Waals surface area contributed by atoms with Gasteiger partial charge in [0, 0.05) is 5.70 Å². The predicted molar refractivity (Wildman–Crippen MR) is 98.1 cm³/mol. The molecule has 27 heavy (non-hydrogen) atoms. The molecule has 7 nitrogen and oxygen atoms in total. The monoisotopic (exact) mass is 368 g/mol. The number of amides is 2. The van der Waals surface area contributed by atoms with Crippen LogP contribution < -0.4 is 15.4 Å². The van der Waals surface area contributed by atoms with Crippen LogP contribution in [-0.2, 0) is 9.53 Å². The minimum Gasteiger partial charge on any atom is -0.508 e. The topological polar surface area (TPSA) is 96.9 Å². The summed E-state index contributed by atoms with van der Waals surface area (Å²) in [6, 6.07) is 14.4. The second-order valence-electron chi connectivity index (χ2n) is 5.96. The molecule has 7 heteroatoms. The number of rotatable bonds is 6. The third-order valence-electron chi connectivity index (χ3n) is 4.04. The molecule has 2 amide bonds. The second kappa shape index (κ2) is 8.27. The van der Waals surface area contributed by atoms with E-state index in [2.05, 4.69) is 10.6 Å². The Hall–Kier alpha value is -3.48. The van der Waals surface area contributed by atoms with Crippen molar-refractivity contribution in [2.24, 2.45) is 0 Å². The van der Waals surface area contributed by atoms with Crippen molar-refractivity contribution < 1.29 is 24.2 Å². The summed E-state index contributed by atoms with van der Waals surface area (Å²) in [6.07, 6.45) is 0. The number of hydrogen-bond donors (Lipinski definition) is 3. The first-order valence-corrected chi connectivity index (χ1v) is 8.47. The number of carbonyl (C=O) groups is 2. The van der Waals surface area contributed by atoms with Gasteiger partial charge in [-0.15, -0.1) is 0 Å². The quantitative estimate of drug-likeness (QED) is 0.538. The van der Waals surface area contributed by atoms with E-state index in [0.717, 1.165) is 0 Å². The van der Waals surface area contributed by atoms with E-state index in [9.17, 15) is 14.7 Å². The van der Waals surface area contributed by atoms with Crippen LogP contribution in [0, 0.1) is 0 Å². The minimum atomic E-state index is -0.665. The molecule has 3 N–H and O–H groups in total. The smallest absolute Gasteiger partial charge is 0.338 e. The summed E-state index contributed by atoms with van der Waals surface area (Å²) in [6.45, 7) is 1.93. The zero-order chi connectivity index (χ0) is 19.2. The number of esters is 1. The molecule has 0 saturated heterocycles. The van der Waals surface area contributed by atoms with Gasteiger partial charge in [-0.25, -0.2) is 9.59 Å². The van der Waals surface area contributed by atoms with Crippen molar-refractivity contribution >= 4 is 12.0 Å². The van der Waals surface area contributed by atoms with Gasteiger partial charge >= 0.3 is 12.0 Å². The van der Waals surface area contributed by atoms with Crippen LogP contribution in [0.4, 0.5) is 4.79 Å². The highest BCUT2D eigenvalue weighted by atomic mass is 16.6. The Morgan fingerprint density at radius 1 is 1.07 bits per heavy atom. The van der Waals surface area contributed by atoms with E-state index in [1.54, 1.807) is 19.1 Å². The maximum atomic E-state index is 12.6. The fourth-order valence-electron chi connectivity index (χ4n) is 2.77. The molecule has 0 unspecified atom stereocenters. The van der Waals surface area contributed by atoms with Crippen LogP contribution in [0.1, 0.15) is 18.5 Å². The van der Waals surface area contributed by atoms with Gasteiger partial charge in [-0.2, -0.15) is 0 Å². The van der Waals surface area contributed by atoms with Crippen molar-refractivity contribution in [3.05, 3.63) is 71.4 Å². The highest BCUT2D eigenvalue weighted by molar-refractivity contribution is 5.95. The molecule has 2 aromatic carbocycles. The van der Waals surface area contributed by atoms with E-state index in [4.69, 9.17) is 9.47 Å². The Bertz CT molecular complexity index is 846. The Kier molecular flexibility index (Phi) is 5.61. The molecule has 2 aromatic rings. The molecule has 1 heterocycles. The lowest BCUT2D eigenvalue weighted by atomic mass is 9.95. The van der Waals surface area contributed by atoms with Crippen LogP contribution in [0.3, 0.4) is 0 Å². The Morgan fingerprint density at radius 3 is 2.48 bits per heavy atom. The fourth-order valence-corrected chi connectivity index (χ4v) is 2.77. The number of hydrogen-bond acceptors (Lipinski definition) is 5. The van der Waals surface area contributed by atoms with Crippen LogP contribution in [-0.4, -0.2) is 30.3 Å². The summed E-state index contributed by atoms with van der Waals surface area (Å²) >= 11 is 0. The number of urea groups is 1. The fraction of sp³-hybridized carbons (Fsp3) is 0.200. The molecule has 0 spiro atoms. The predicted octanol–water partition coefficient (Wildman–Crippen LogP) is 2.64. The number of phenolic OH excluding ortho intramolecular Hbond substituents is 1. The minimum absolute atomic E-state index is 0.0702. The summed E-state index contributed by atoms with van der Waals surface area (Å²) in [7, 11) is 0. The lowest BCUT2D eigenvalue weighted by Gasteiger charge is -2.28. The van der Waals surface area contributed by atoms with Crippen LogP contribution in [0.5, 0.6) is 11.5 Å². The van der Waals surface area contributed by atoms with Gasteiger partial charge in [0.05, 0.1) is 11.6 Å². The van der Waals surface area contributed by atoms with Crippen molar-refractivity contribution in [1.29, 1.82) is 0 Å². The number of allylic oxidation sites excluding steroid dienone is 1. The highest BCUT2D eigenvalue weighted by Gasteiger charge is 2.32. The summed E-state index contributed by atoms with van der Waals surface area (Å²) in [5, 5.41) is 14.7. The zero-order valence-electron chi connectivity index (χ0n) is 14.8. The molecule has 1 atom stereocenters. The molecule has 0 aromatic heterocycles. The number of ether oxygens (including phenoxy) is 2. The van der Waals surface area contributed by atoms with Crippen LogP contribution in [0.15, 0.2) is 65.9 Å². The maximum Gasteiger partial charge on any atom is 0.338 e. The van der Waals surface area contributed by atoms with Gasteiger partial charge in [-0.3, -0.25) is 0 Å². The van der Waals surface area contributed by atoms with Crippen molar-refractivity contribution in [3.63, 3.8) is 0 Å². The molecule has 0 bridgehead atoms. The molecule has 0 fully saturated rings. The lowest BCUT2D eigenvalue weighted by molar-refractivity contribution is -0.140. The van der Waals surface area contributed by atoms with Gasteiger partial charge < -0.3 is 25.2 Å². The first kappa shape index (κ1) is 18.3. The number of phenols is 1. The number of para-hydroxylation sites is 1. The highest BCUT2D eigenvalue weighted by Crippen LogP contribution is 2.28. The first-order chi connectivity index (χ1) is 13.0. The van der Waals surface area contributed by atoms with Crippen LogP contribution in [0.2, 0.25) is 0 Å². The Morgan fingerprint density at radius 2 is 1.78 bits per heavy atom. The van der Waals surface area contributed by atoms with Gasteiger partial charge in [0.2, 0.25) is 0 Å². The standard InChI is InChI=1S/C20H20N2O5/c1-13-17(19(24)27-12-11-26-16-5-3-2-4-6-16)18(22-20(25)21-13)14-7-9-15(23)10-8-14/h2-10,18,23H,11-12H2,1H3,(H2,21,22,25)/t18-/m1/s1. The van der Waals surface area contributed by atoms with Crippen LogP contribution >= 0.6 is 0 Å². The van der Waals surface area contributed by atoms with Crippen molar-refractivity contribution in [2.75, 3.05) is 13.2 Å². The van der Waals surface area contributed by atoms with Gasteiger partial charge in [-0.1, -0.05) is 30.3 Å². The summed E-state index contributed by atoms with van der Waals surface area (Å²) in [5.74, 6) is 0.245. The van der Waals surface area contributed by atoms with Crippen molar-refractivity contribution in [1.82, 2.24) is 10.6 Å². The molecule has 140 valence electrons. The van der Waals surface area contributed by atoms with E-state index in [1.165, 1.54) is 12.1 Å². The molecule has 0 radical (unpaired) electrons. The number of benzene rings is 2. The number of carbonyl (C=O) groups excluding carboxylic acids is 2. The van der Waals surface area contributed by atoms with Gasteiger partial charge in [0.1, 0.15) is 24.7 Å². The van der Waals surface area contributed by atoms with E-state index in [-0.39, 0.29) is 19.0 Å². The van der Waals surface area contributed by atoms with Crippen LogP contribution in [0.25, 0.3) is 0 Å². The summed E-state index contributed by atoms with van der Waals surface area (Å²) in [5.41, 5.74) is 1.39. The maximum absolute atomic E-state index is 12.6. The van der Waals surface area contributed by atoms with E-state index < -0.39 is 18.0 Å². The average molecular weight is 368 g/mol. The molecule has 3 rings (SSSR count). The lowest BCUT2D eigenvalue weighted by Crippen LogP contribution is -2.45. The SMILES string of the molecule is CC1=C(C(=O)OCCOc2ccccc2)[C@@H](c2ccc(O)cc2)NC(=O)N1.